The zero-order chi connectivity index (χ0) is 26.7. The van der Waals surface area contributed by atoms with E-state index >= 15 is 0 Å². The van der Waals surface area contributed by atoms with Crippen molar-refractivity contribution >= 4 is 23.3 Å². The van der Waals surface area contributed by atoms with Crippen molar-refractivity contribution in [2.24, 2.45) is 0 Å². The zero-order valence-electron chi connectivity index (χ0n) is 20.5. The van der Waals surface area contributed by atoms with E-state index in [9.17, 15) is 22.8 Å². The quantitative estimate of drug-likeness (QED) is 0.210. The highest BCUT2D eigenvalue weighted by Gasteiger charge is 2.52. The van der Waals surface area contributed by atoms with Gasteiger partial charge in [-0.1, -0.05) is 37.3 Å². The molecule has 0 aromatic heterocycles. The van der Waals surface area contributed by atoms with Gasteiger partial charge in [0.25, 0.3) is 0 Å². The molecule has 0 amide bonds. The van der Waals surface area contributed by atoms with Crippen molar-refractivity contribution in [1.29, 1.82) is 0 Å². The molecule has 1 atom stereocenters. The lowest BCUT2D eigenvalue weighted by atomic mass is 9.93. The fourth-order valence-corrected chi connectivity index (χ4v) is 4.47. The van der Waals surface area contributed by atoms with Gasteiger partial charge in [-0.05, 0) is 66.1 Å². The molecule has 0 fully saturated rings. The van der Waals surface area contributed by atoms with Crippen LogP contribution in [-0.4, -0.2) is 23.2 Å². The largest absolute Gasteiger partial charge is 0.503 e. The van der Waals surface area contributed by atoms with Crippen molar-refractivity contribution in [1.82, 2.24) is 5.01 Å². The second-order valence-corrected chi connectivity index (χ2v) is 8.37. The summed E-state index contributed by atoms with van der Waals surface area (Å²) in [6.07, 6.45) is -4.43. The highest BCUT2D eigenvalue weighted by molar-refractivity contribution is 5.77. The van der Waals surface area contributed by atoms with E-state index in [1.807, 2.05) is 6.92 Å². The molecule has 0 saturated heterocycles. The molecule has 6 nitrogen and oxygen atoms in total. The zero-order valence-corrected chi connectivity index (χ0v) is 20.5. The molecule has 0 N–H and O–H groups in total. The van der Waals surface area contributed by atoms with Crippen LogP contribution in [0.25, 0.3) is 5.70 Å². The van der Waals surface area contributed by atoms with E-state index < -0.39 is 24.3 Å². The van der Waals surface area contributed by atoms with Crippen LogP contribution in [0.1, 0.15) is 44.4 Å². The first-order valence-electron chi connectivity index (χ1n) is 11.6. The Kier molecular flexibility index (Phi) is 7.24. The predicted octanol–water partition coefficient (Wildman–Crippen LogP) is 6.66. The Labute approximate surface area is 212 Å². The Morgan fingerprint density at radius 1 is 0.811 bits per heavy atom. The molecule has 1 aliphatic rings. The third-order valence-electron chi connectivity index (χ3n) is 5.79. The van der Waals surface area contributed by atoms with Gasteiger partial charge in [-0.3, -0.25) is 14.6 Å². The molecule has 192 valence electrons. The smallest absolute Gasteiger partial charge is 0.427 e. The summed E-state index contributed by atoms with van der Waals surface area (Å²) in [7, 11) is 0. The molecule has 37 heavy (non-hydrogen) atoms. The lowest BCUT2D eigenvalue weighted by Gasteiger charge is -2.38. The van der Waals surface area contributed by atoms with Crippen LogP contribution in [0, 0.1) is 0 Å². The molecule has 0 radical (unpaired) electrons. The summed E-state index contributed by atoms with van der Waals surface area (Å²) in [5.74, 6) is -0.469. The number of esters is 2. The number of hydrogen-bond acceptors (Lipinski definition) is 6. The van der Waals surface area contributed by atoms with Crippen molar-refractivity contribution in [3.8, 4) is 11.5 Å². The number of anilines is 1. The van der Waals surface area contributed by atoms with Crippen molar-refractivity contribution in [2.45, 2.75) is 39.5 Å². The topological polar surface area (TPSA) is 59.1 Å². The number of nitrogens with zero attached hydrogens (tertiary/aromatic N) is 2. The van der Waals surface area contributed by atoms with Gasteiger partial charge in [0, 0.05) is 19.4 Å². The normalized spacial score (nSPS) is 15.7. The Morgan fingerprint density at radius 2 is 1.32 bits per heavy atom. The number of alkyl halides is 3. The number of para-hydroxylation sites is 1. The maximum Gasteiger partial charge on any atom is 0.503 e. The first kappa shape index (κ1) is 25.8. The van der Waals surface area contributed by atoms with Gasteiger partial charge in [-0.2, -0.15) is 5.01 Å². The van der Waals surface area contributed by atoms with Gasteiger partial charge < -0.3 is 9.47 Å². The van der Waals surface area contributed by atoms with E-state index in [2.05, 4.69) is 0 Å². The van der Waals surface area contributed by atoms with Gasteiger partial charge >= 0.3 is 18.2 Å². The van der Waals surface area contributed by atoms with Crippen molar-refractivity contribution < 1.29 is 32.2 Å². The van der Waals surface area contributed by atoms with Crippen LogP contribution < -0.4 is 14.5 Å². The van der Waals surface area contributed by atoms with Gasteiger partial charge in [0.05, 0.1) is 17.4 Å². The maximum absolute atomic E-state index is 14.8. The van der Waals surface area contributed by atoms with Crippen molar-refractivity contribution in [3.63, 3.8) is 0 Å². The summed E-state index contributed by atoms with van der Waals surface area (Å²) in [6.45, 7) is 4.34. The lowest BCUT2D eigenvalue weighted by Crippen LogP contribution is -2.47. The summed E-state index contributed by atoms with van der Waals surface area (Å²) in [6, 6.07) is 20.0. The van der Waals surface area contributed by atoms with Crippen molar-refractivity contribution in [2.75, 3.05) is 5.01 Å². The fraction of sp³-hybridized carbons (Fsp3) is 0.214. The number of hydrogen-bond donors (Lipinski definition) is 0. The maximum atomic E-state index is 14.8. The summed E-state index contributed by atoms with van der Waals surface area (Å²) >= 11 is 0. The van der Waals surface area contributed by atoms with Crippen molar-refractivity contribution in [3.05, 3.63) is 95.6 Å². The molecule has 0 bridgehead atoms. The molecular weight excluding hydrogens is 485 g/mol. The molecule has 1 aliphatic heterocycles. The number of hydrazine groups is 1. The number of carbonyl (C=O) groups is 2. The number of halogens is 3. The second-order valence-electron chi connectivity index (χ2n) is 8.37. The minimum absolute atomic E-state index is 0.00212. The molecular formula is C28H25F3N2O4. The summed E-state index contributed by atoms with van der Waals surface area (Å²) < 4.78 is 54.6. The second kappa shape index (κ2) is 10.4. The lowest BCUT2D eigenvalue weighted by molar-refractivity contribution is -0.224. The van der Waals surface area contributed by atoms with E-state index in [0.29, 0.717) is 39.6 Å². The van der Waals surface area contributed by atoms with Crippen LogP contribution in [0.15, 0.2) is 84.4 Å². The fourth-order valence-electron chi connectivity index (χ4n) is 4.47. The Hall–Kier alpha value is -4.27. The van der Waals surface area contributed by atoms with Gasteiger partial charge in [-0.25, -0.2) is 0 Å². The van der Waals surface area contributed by atoms with Crippen LogP contribution in [0.4, 0.5) is 18.9 Å². The molecule has 0 saturated carbocycles. The monoisotopic (exact) mass is 510 g/mol. The highest BCUT2D eigenvalue weighted by Crippen LogP contribution is 2.51. The number of ether oxygens (including phenoxy) is 2. The number of rotatable bonds is 6. The molecule has 0 aliphatic carbocycles. The summed E-state index contributed by atoms with van der Waals surface area (Å²) in [4.78, 5) is 22.6. The van der Waals surface area contributed by atoms with E-state index in [4.69, 9.17) is 9.47 Å². The Bertz CT molecular complexity index is 1300. The molecule has 3 aromatic carbocycles. The molecule has 3 aromatic rings. The van der Waals surface area contributed by atoms with Crippen LogP contribution in [0.2, 0.25) is 0 Å². The van der Waals surface area contributed by atoms with Gasteiger partial charge in [0.15, 0.2) is 0 Å². The van der Waals surface area contributed by atoms with E-state index in [1.54, 1.807) is 54.6 Å². The number of carbonyl (C=O) groups excluding carboxylic acids is 2. The SMILES string of the molecule is CCC1=C(c2ccc(OC(C)=O)cc2)N(C(F)(F)F)N(c2ccccc2)C1c1ccc(OC(C)=O)cc1. The minimum Gasteiger partial charge on any atom is -0.427 e. The Morgan fingerprint density at radius 3 is 1.78 bits per heavy atom. The Balaban J connectivity index is 1.91. The van der Waals surface area contributed by atoms with Gasteiger partial charge in [0.1, 0.15) is 11.5 Å². The van der Waals surface area contributed by atoms with E-state index in [1.165, 1.54) is 43.1 Å². The molecule has 9 heteroatoms. The number of benzene rings is 3. The summed E-state index contributed by atoms with van der Waals surface area (Å²) in [5, 5.41) is 1.60. The molecule has 1 heterocycles. The standard InChI is InChI=1S/C28H25F3N2O4/c1-4-25-26(20-10-14-23(15-11-20)36-18(2)34)32(22-8-6-5-7-9-22)33(28(29,30)31)27(25)21-12-16-24(17-13-21)37-19(3)35/h5-17,26H,4H2,1-3H3. The highest BCUT2D eigenvalue weighted by atomic mass is 19.4. The first-order valence-corrected chi connectivity index (χ1v) is 11.6. The molecule has 0 spiro atoms. The van der Waals surface area contributed by atoms with Crippen LogP contribution >= 0.6 is 0 Å². The minimum atomic E-state index is -4.76. The predicted molar refractivity (Wildman–Crippen MR) is 132 cm³/mol. The van der Waals surface area contributed by atoms with E-state index in [0.717, 1.165) is 0 Å². The average Bonchev–Trinajstić information content (AvgIpc) is 3.21. The third kappa shape index (κ3) is 5.45. The first-order chi connectivity index (χ1) is 17.6. The van der Waals surface area contributed by atoms with Crippen LogP contribution in [-0.2, 0) is 9.59 Å². The summed E-state index contributed by atoms with van der Waals surface area (Å²) in [5.41, 5.74) is 1.82. The van der Waals surface area contributed by atoms with Crippen LogP contribution in [0.5, 0.6) is 11.5 Å². The average molecular weight is 511 g/mol. The van der Waals surface area contributed by atoms with Crippen LogP contribution in [0.3, 0.4) is 0 Å². The van der Waals surface area contributed by atoms with E-state index in [-0.39, 0.29) is 11.4 Å². The molecule has 1 unspecified atom stereocenters. The van der Waals surface area contributed by atoms with Gasteiger partial charge in [-0.15, -0.1) is 13.2 Å². The molecule has 4 rings (SSSR count). The van der Waals surface area contributed by atoms with Gasteiger partial charge in [0.2, 0.25) is 0 Å². The third-order valence-corrected chi connectivity index (χ3v) is 5.79.